The van der Waals surface area contributed by atoms with Crippen molar-refractivity contribution in [1.29, 1.82) is 0 Å². The first-order chi connectivity index (χ1) is 11.9. The number of carbonyl (C=O) groups is 1. The molecule has 130 valence electrons. The third-order valence-electron chi connectivity index (χ3n) is 5.37. The van der Waals surface area contributed by atoms with Crippen molar-refractivity contribution in [3.05, 3.63) is 70.3 Å². The second-order valence-electron chi connectivity index (χ2n) is 7.87. The maximum atomic E-state index is 11.4. The average Bonchev–Trinajstić information content (AvgIpc) is 2.73. The van der Waals surface area contributed by atoms with Crippen LogP contribution in [0.15, 0.2) is 42.5 Å². The molecule has 0 spiro atoms. The molecule has 0 fully saturated rings. The Hall–Kier alpha value is -2.35. The van der Waals surface area contributed by atoms with Crippen molar-refractivity contribution in [1.82, 2.24) is 0 Å². The van der Waals surface area contributed by atoms with Gasteiger partial charge in [0.15, 0.2) is 0 Å². The van der Waals surface area contributed by atoms with Crippen molar-refractivity contribution in [2.45, 2.75) is 46.5 Å². The van der Waals surface area contributed by atoms with E-state index in [1.165, 1.54) is 29.5 Å². The van der Waals surface area contributed by atoms with Crippen molar-refractivity contribution >= 4 is 17.6 Å². The Bertz CT molecular complexity index is 828. The highest BCUT2D eigenvalue weighted by molar-refractivity contribution is 5.95. The van der Waals surface area contributed by atoms with Crippen LogP contribution >= 0.6 is 0 Å². The maximum absolute atomic E-state index is 11.4. The standard InChI is InChI=1S/C23H26O2/c1-16(14-20-6-4-5-7-21(20)22(24)25)18-9-8-17-10-12-23(2,3)13-11-19(17)15-18/h4-9,14-15H,10-13H2,1-3H3,(H,24,25). The minimum absolute atomic E-state index is 0.346. The molecule has 2 aromatic rings. The van der Waals surface area contributed by atoms with Crippen LogP contribution in [0.25, 0.3) is 11.6 Å². The lowest BCUT2D eigenvalue weighted by Crippen LogP contribution is -2.10. The predicted molar refractivity (Wildman–Crippen MR) is 104 cm³/mol. The van der Waals surface area contributed by atoms with E-state index in [1.807, 2.05) is 18.2 Å². The van der Waals surface area contributed by atoms with Crippen LogP contribution in [0.4, 0.5) is 0 Å². The molecule has 0 unspecified atom stereocenters. The van der Waals surface area contributed by atoms with Crippen LogP contribution in [-0.2, 0) is 12.8 Å². The zero-order valence-electron chi connectivity index (χ0n) is 15.3. The summed E-state index contributed by atoms with van der Waals surface area (Å²) in [5, 5.41) is 9.36. The first-order valence-corrected chi connectivity index (χ1v) is 8.98. The normalized spacial score (nSPS) is 16.8. The molecule has 0 aromatic heterocycles. The van der Waals surface area contributed by atoms with Gasteiger partial charge in [-0.2, -0.15) is 0 Å². The molecule has 1 N–H and O–H groups in total. The van der Waals surface area contributed by atoms with E-state index in [0.29, 0.717) is 11.0 Å². The molecule has 0 bridgehead atoms. The molecule has 2 nitrogen and oxygen atoms in total. The first kappa shape index (κ1) is 17.5. The number of aromatic carboxylic acids is 1. The Labute approximate surface area is 150 Å². The van der Waals surface area contributed by atoms with Gasteiger partial charge in [-0.25, -0.2) is 4.79 Å². The van der Waals surface area contributed by atoms with E-state index >= 15 is 0 Å². The lowest BCUT2D eigenvalue weighted by atomic mass is 9.85. The van der Waals surface area contributed by atoms with Gasteiger partial charge in [-0.15, -0.1) is 0 Å². The summed E-state index contributed by atoms with van der Waals surface area (Å²) in [5.74, 6) is -0.885. The number of allylic oxidation sites excluding steroid dienone is 1. The van der Waals surface area contributed by atoms with Gasteiger partial charge in [-0.3, -0.25) is 0 Å². The molecule has 25 heavy (non-hydrogen) atoms. The number of aryl methyl sites for hydroxylation is 2. The fourth-order valence-electron chi connectivity index (χ4n) is 3.55. The van der Waals surface area contributed by atoms with Gasteiger partial charge >= 0.3 is 5.97 Å². The number of fused-ring (bicyclic) bond motifs is 1. The largest absolute Gasteiger partial charge is 0.478 e. The molecule has 0 radical (unpaired) electrons. The third kappa shape index (κ3) is 4.01. The third-order valence-corrected chi connectivity index (χ3v) is 5.37. The van der Waals surface area contributed by atoms with Crippen LogP contribution in [0, 0.1) is 5.41 Å². The number of hydrogen-bond acceptors (Lipinski definition) is 1. The van der Waals surface area contributed by atoms with Gasteiger partial charge in [0.2, 0.25) is 0 Å². The quantitative estimate of drug-likeness (QED) is 0.564. The monoisotopic (exact) mass is 334 g/mol. The van der Waals surface area contributed by atoms with Gasteiger partial charge in [0.1, 0.15) is 0 Å². The van der Waals surface area contributed by atoms with Crippen molar-refractivity contribution in [2.24, 2.45) is 5.41 Å². The Morgan fingerprint density at radius 2 is 1.72 bits per heavy atom. The number of hydrogen-bond donors (Lipinski definition) is 1. The molecule has 0 aliphatic heterocycles. The number of carboxylic acids is 1. The first-order valence-electron chi connectivity index (χ1n) is 8.98. The topological polar surface area (TPSA) is 37.3 Å². The van der Waals surface area contributed by atoms with Gasteiger partial charge < -0.3 is 5.11 Å². The average molecular weight is 334 g/mol. The molecular formula is C23H26O2. The molecule has 0 atom stereocenters. The molecule has 0 amide bonds. The van der Waals surface area contributed by atoms with E-state index in [1.54, 1.807) is 12.1 Å². The molecule has 0 saturated carbocycles. The van der Waals surface area contributed by atoms with Crippen molar-refractivity contribution < 1.29 is 9.90 Å². The van der Waals surface area contributed by atoms with Crippen molar-refractivity contribution in [3.63, 3.8) is 0 Å². The van der Waals surface area contributed by atoms with Crippen LogP contribution in [0.2, 0.25) is 0 Å². The number of carboxylic acid groups (broad SMARTS) is 1. The molecule has 0 saturated heterocycles. The van der Waals surface area contributed by atoms with E-state index in [2.05, 4.69) is 39.0 Å². The molecule has 1 aliphatic rings. The molecule has 0 heterocycles. The molecule has 2 aromatic carbocycles. The van der Waals surface area contributed by atoms with E-state index in [4.69, 9.17) is 0 Å². The van der Waals surface area contributed by atoms with E-state index in [-0.39, 0.29) is 0 Å². The molecule has 3 rings (SSSR count). The SMILES string of the molecule is CC(=Cc1ccccc1C(=O)O)c1ccc2c(c1)CCC(C)(C)CC2. The van der Waals surface area contributed by atoms with E-state index in [0.717, 1.165) is 24.0 Å². The Morgan fingerprint density at radius 1 is 1.04 bits per heavy atom. The number of rotatable bonds is 3. The van der Waals surface area contributed by atoms with Crippen molar-refractivity contribution in [2.75, 3.05) is 0 Å². The van der Waals surface area contributed by atoms with Crippen LogP contribution in [-0.4, -0.2) is 11.1 Å². The Kier molecular flexibility index (Phi) is 4.80. The highest BCUT2D eigenvalue weighted by Crippen LogP contribution is 2.34. The minimum atomic E-state index is -0.885. The summed E-state index contributed by atoms with van der Waals surface area (Å²) in [7, 11) is 0. The summed E-state index contributed by atoms with van der Waals surface area (Å²) in [4.78, 5) is 11.4. The lowest BCUT2D eigenvalue weighted by Gasteiger charge is -2.21. The maximum Gasteiger partial charge on any atom is 0.336 e. The van der Waals surface area contributed by atoms with Crippen molar-refractivity contribution in [3.8, 4) is 0 Å². The van der Waals surface area contributed by atoms with Gasteiger partial charge in [-0.1, -0.05) is 56.3 Å². The van der Waals surface area contributed by atoms with Crippen LogP contribution in [0.1, 0.15) is 66.2 Å². The van der Waals surface area contributed by atoms with Crippen LogP contribution in [0.3, 0.4) is 0 Å². The zero-order chi connectivity index (χ0) is 18.0. The smallest absolute Gasteiger partial charge is 0.336 e. The van der Waals surface area contributed by atoms with Crippen LogP contribution in [0.5, 0.6) is 0 Å². The Balaban J connectivity index is 1.93. The molecular weight excluding hydrogens is 308 g/mol. The summed E-state index contributed by atoms with van der Waals surface area (Å²) in [6.45, 7) is 6.77. The zero-order valence-corrected chi connectivity index (χ0v) is 15.3. The second-order valence-corrected chi connectivity index (χ2v) is 7.87. The lowest BCUT2D eigenvalue weighted by molar-refractivity contribution is 0.0696. The predicted octanol–water partition coefficient (Wildman–Crippen LogP) is 5.85. The van der Waals surface area contributed by atoms with Gasteiger partial charge in [0.05, 0.1) is 5.56 Å². The van der Waals surface area contributed by atoms with E-state index in [9.17, 15) is 9.90 Å². The highest BCUT2D eigenvalue weighted by Gasteiger charge is 2.22. The summed E-state index contributed by atoms with van der Waals surface area (Å²) in [5.41, 5.74) is 6.70. The fraction of sp³-hybridized carbons (Fsp3) is 0.348. The fourth-order valence-corrected chi connectivity index (χ4v) is 3.55. The molecule has 2 heteroatoms. The highest BCUT2D eigenvalue weighted by atomic mass is 16.4. The summed E-state index contributed by atoms with van der Waals surface area (Å²) < 4.78 is 0. The van der Waals surface area contributed by atoms with E-state index < -0.39 is 5.97 Å². The molecule has 1 aliphatic carbocycles. The summed E-state index contributed by atoms with van der Waals surface area (Å²) in [6, 6.07) is 13.9. The minimum Gasteiger partial charge on any atom is -0.478 e. The summed E-state index contributed by atoms with van der Waals surface area (Å²) in [6.07, 6.45) is 6.70. The van der Waals surface area contributed by atoms with Crippen LogP contribution < -0.4 is 0 Å². The Morgan fingerprint density at radius 3 is 2.44 bits per heavy atom. The van der Waals surface area contributed by atoms with Gasteiger partial charge in [0.25, 0.3) is 0 Å². The number of benzene rings is 2. The van der Waals surface area contributed by atoms with Gasteiger partial charge in [0, 0.05) is 0 Å². The van der Waals surface area contributed by atoms with Gasteiger partial charge in [-0.05, 0) is 71.9 Å². The second kappa shape index (κ2) is 6.87. The summed E-state index contributed by atoms with van der Waals surface area (Å²) >= 11 is 0.